The minimum atomic E-state index is -1.12. The molecule has 114 valence electrons. The Hall–Kier alpha value is -1.91. The van der Waals surface area contributed by atoms with Gasteiger partial charge in [0.05, 0.1) is 0 Å². The number of carbonyl (C=O) groups excluding carboxylic acids is 1. The summed E-state index contributed by atoms with van der Waals surface area (Å²) in [4.78, 5) is 25.8. The molecule has 1 atom stereocenters. The van der Waals surface area contributed by atoms with Crippen molar-refractivity contribution in [3.8, 4) is 0 Å². The van der Waals surface area contributed by atoms with E-state index < -0.39 is 11.5 Å². The van der Waals surface area contributed by atoms with Crippen LogP contribution in [-0.4, -0.2) is 34.0 Å². The maximum Gasteiger partial charge on any atom is 0.329 e. The van der Waals surface area contributed by atoms with Gasteiger partial charge in [-0.3, -0.25) is 4.79 Å². The monoisotopic (exact) mass is 293 g/mol. The third kappa shape index (κ3) is 2.64. The maximum atomic E-state index is 13.3. The Balaban J connectivity index is 2.36. The van der Waals surface area contributed by atoms with Gasteiger partial charge in [0.25, 0.3) is 5.91 Å². The molecule has 1 unspecified atom stereocenters. The maximum absolute atomic E-state index is 13.3. The minimum absolute atomic E-state index is 0.327. The fourth-order valence-corrected chi connectivity index (χ4v) is 3.11. The number of benzene rings is 1. The van der Waals surface area contributed by atoms with E-state index in [0.717, 1.165) is 0 Å². The second kappa shape index (κ2) is 5.84. The van der Waals surface area contributed by atoms with E-state index in [1.54, 1.807) is 6.92 Å². The Morgan fingerprint density at radius 1 is 1.43 bits per heavy atom. The SMILES string of the molecule is CCCC1(C(=O)O)CCCN1C(=O)c1ccc(F)c(C)c1. The van der Waals surface area contributed by atoms with Crippen molar-refractivity contribution in [3.63, 3.8) is 0 Å². The minimum Gasteiger partial charge on any atom is -0.479 e. The van der Waals surface area contributed by atoms with Gasteiger partial charge in [-0.2, -0.15) is 0 Å². The van der Waals surface area contributed by atoms with Crippen molar-refractivity contribution < 1.29 is 19.1 Å². The Kier molecular flexibility index (Phi) is 4.30. The fraction of sp³-hybridized carbons (Fsp3) is 0.500. The van der Waals surface area contributed by atoms with Gasteiger partial charge in [-0.25, -0.2) is 9.18 Å². The van der Waals surface area contributed by atoms with E-state index in [1.165, 1.54) is 23.1 Å². The highest BCUT2D eigenvalue weighted by atomic mass is 19.1. The molecular formula is C16H20FNO3. The molecule has 0 bridgehead atoms. The van der Waals surface area contributed by atoms with E-state index in [1.807, 2.05) is 6.92 Å². The van der Waals surface area contributed by atoms with Crippen LogP contribution in [0.1, 0.15) is 48.5 Å². The molecule has 0 aromatic heterocycles. The van der Waals surface area contributed by atoms with Crippen molar-refractivity contribution in [2.45, 2.75) is 45.1 Å². The third-order valence-corrected chi connectivity index (χ3v) is 4.20. The molecule has 4 nitrogen and oxygen atoms in total. The Morgan fingerprint density at radius 2 is 2.14 bits per heavy atom. The molecule has 5 heteroatoms. The van der Waals surface area contributed by atoms with Crippen molar-refractivity contribution in [2.24, 2.45) is 0 Å². The van der Waals surface area contributed by atoms with Gasteiger partial charge in [0.1, 0.15) is 11.4 Å². The van der Waals surface area contributed by atoms with E-state index in [9.17, 15) is 19.1 Å². The molecule has 1 aliphatic heterocycles. The van der Waals surface area contributed by atoms with Crippen LogP contribution in [0.4, 0.5) is 4.39 Å². The summed E-state index contributed by atoms with van der Waals surface area (Å²) in [6.45, 7) is 3.93. The van der Waals surface area contributed by atoms with Crippen LogP contribution in [-0.2, 0) is 4.79 Å². The van der Waals surface area contributed by atoms with Gasteiger partial charge in [-0.05, 0) is 49.9 Å². The van der Waals surface area contributed by atoms with Crippen LogP contribution < -0.4 is 0 Å². The second-order valence-electron chi connectivity index (χ2n) is 5.61. The van der Waals surface area contributed by atoms with Crippen LogP contribution in [0.3, 0.4) is 0 Å². The molecule has 0 aliphatic carbocycles. The van der Waals surface area contributed by atoms with Crippen molar-refractivity contribution in [3.05, 3.63) is 35.1 Å². The molecule has 0 radical (unpaired) electrons. The molecule has 1 aromatic rings. The van der Waals surface area contributed by atoms with Crippen LogP contribution in [0.15, 0.2) is 18.2 Å². The molecule has 21 heavy (non-hydrogen) atoms. The first kappa shape index (κ1) is 15.5. The summed E-state index contributed by atoms with van der Waals surface area (Å²) in [7, 11) is 0. The number of hydrogen-bond acceptors (Lipinski definition) is 2. The molecule has 1 amide bonds. The van der Waals surface area contributed by atoms with Gasteiger partial charge in [0.2, 0.25) is 0 Å². The molecular weight excluding hydrogens is 273 g/mol. The van der Waals surface area contributed by atoms with Gasteiger partial charge in [0, 0.05) is 12.1 Å². The smallest absolute Gasteiger partial charge is 0.329 e. The van der Waals surface area contributed by atoms with Crippen LogP contribution in [0, 0.1) is 12.7 Å². The number of likely N-dealkylation sites (tertiary alicyclic amines) is 1. The Bertz CT molecular complexity index is 573. The standard InChI is InChI=1S/C16H20FNO3/c1-3-7-16(15(20)21)8-4-9-18(16)14(19)12-5-6-13(17)11(2)10-12/h5-6,10H,3-4,7-9H2,1-2H3,(H,20,21). The molecule has 1 fully saturated rings. The molecule has 1 aliphatic rings. The van der Waals surface area contributed by atoms with Crippen LogP contribution in [0.25, 0.3) is 0 Å². The summed E-state index contributed by atoms with van der Waals surface area (Å²) in [5, 5.41) is 9.61. The number of rotatable bonds is 4. The van der Waals surface area contributed by atoms with E-state index >= 15 is 0 Å². The van der Waals surface area contributed by atoms with E-state index in [4.69, 9.17) is 0 Å². The highest BCUT2D eigenvalue weighted by Crippen LogP contribution is 2.35. The second-order valence-corrected chi connectivity index (χ2v) is 5.61. The third-order valence-electron chi connectivity index (χ3n) is 4.20. The number of carboxylic acids is 1. The first-order chi connectivity index (χ1) is 9.92. The lowest BCUT2D eigenvalue weighted by atomic mass is 9.90. The fourth-order valence-electron chi connectivity index (χ4n) is 3.11. The predicted molar refractivity (Wildman–Crippen MR) is 76.7 cm³/mol. The number of hydrogen-bond donors (Lipinski definition) is 1. The van der Waals surface area contributed by atoms with E-state index in [0.29, 0.717) is 43.4 Å². The van der Waals surface area contributed by atoms with Crippen LogP contribution >= 0.6 is 0 Å². The molecule has 1 N–H and O–H groups in total. The molecule has 0 spiro atoms. The van der Waals surface area contributed by atoms with E-state index in [-0.39, 0.29) is 11.7 Å². The molecule has 1 saturated heterocycles. The number of aliphatic carboxylic acids is 1. The first-order valence-electron chi connectivity index (χ1n) is 7.24. The largest absolute Gasteiger partial charge is 0.479 e. The quantitative estimate of drug-likeness (QED) is 0.928. The van der Waals surface area contributed by atoms with Gasteiger partial charge in [-0.15, -0.1) is 0 Å². The lowest BCUT2D eigenvalue weighted by Gasteiger charge is -2.34. The molecule has 0 saturated carbocycles. The molecule has 1 heterocycles. The summed E-state index contributed by atoms with van der Waals surface area (Å²) in [6, 6.07) is 4.15. The van der Waals surface area contributed by atoms with Gasteiger partial charge < -0.3 is 10.0 Å². The average Bonchev–Trinajstić information content (AvgIpc) is 2.86. The van der Waals surface area contributed by atoms with Crippen LogP contribution in [0.2, 0.25) is 0 Å². The van der Waals surface area contributed by atoms with Gasteiger partial charge >= 0.3 is 5.97 Å². The Morgan fingerprint density at radius 3 is 2.71 bits per heavy atom. The van der Waals surface area contributed by atoms with Crippen molar-refractivity contribution in [1.82, 2.24) is 4.90 Å². The van der Waals surface area contributed by atoms with Crippen molar-refractivity contribution in [2.75, 3.05) is 6.54 Å². The topological polar surface area (TPSA) is 57.6 Å². The van der Waals surface area contributed by atoms with Crippen molar-refractivity contribution in [1.29, 1.82) is 0 Å². The van der Waals surface area contributed by atoms with Gasteiger partial charge in [0.15, 0.2) is 0 Å². The number of carbonyl (C=O) groups is 2. The average molecular weight is 293 g/mol. The molecule has 2 rings (SSSR count). The summed E-state index contributed by atoms with van der Waals surface area (Å²) in [6.07, 6.45) is 2.28. The zero-order valence-corrected chi connectivity index (χ0v) is 12.4. The number of halogens is 1. The highest BCUT2D eigenvalue weighted by molar-refractivity contribution is 5.98. The highest BCUT2D eigenvalue weighted by Gasteiger charge is 2.49. The number of amides is 1. The zero-order valence-electron chi connectivity index (χ0n) is 12.4. The zero-order chi connectivity index (χ0) is 15.6. The summed E-state index contributed by atoms with van der Waals surface area (Å²) >= 11 is 0. The normalized spacial score (nSPS) is 21.6. The first-order valence-corrected chi connectivity index (χ1v) is 7.24. The predicted octanol–water partition coefficient (Wildman–Crippen LogP) is 2.99. The summed E-state index contributed by atoms with van der Waals surface area (Å²) in [5.41, 5.74) is -0.386. The summed E-state index contributed by atoms with van der Waals surface area (Å²) in [5.74, 6) is -1.65. The lowest BCUT2D eigenvalue weighted by molar-refractivity contribution is -0.148. The summed E-state index contributed by atoms with van der Waals surface area (Å²) < 4.78 is 13.3. The number of carboxylic acid groups (broad SMARTS) is 1. The number of aryl methyl sites for hydroxylation is 1. The van der Waals surface area contributed by atoms with Crippen molar-refractivity contribution >= 4 is 11.9 Å². The van der Waals surface area contributed by atoms with Gasteiger partial charge in [-0.1, -0.05) is 13.3 Å². The van der Waals surface area contributed by atoms with Crippen LogP contribution in [0.5, 0.6) is 0 Å². The van der Waals surface area contributed by atoms with E-state index in [2.05, 4.69) is 0 Å². The lowest BCUT2D eigenvalue weighted by Crippen LogP contribution is -2.53. The Labute approximate surface area is 123 Å². The molecule has 1 aromatic carbocycles. The number of nitrogens with zero attached hydrogens (tertiary/aromatic N) is 1.